The lowest BCUT2D eigenvalue weighted by Gasteiger charge is -2.16. The molecule has 0 fully saturated rings. The van der Waals surface area contributed by atoms with Crippen molar-refractivity contribution in [2.75, 3.05) is 19.8 Å². The molecule has 0 heterocycles. The first-order valence-corrected chi connectivity index (χ1v) is 17.7. The third-order valence-electron chi connectivity index (χ3n) is 8.67. The lowest BCUT2D eigenvalue weighted by molar-refractivity contribution is -0.141. The van der Waals surface area contributed by atoms with E-state index >= 15 is 0 Å². The van der Waals surface area contributed by atoms with E-state index in [1.165, 1.54) is 64.6 Å². The Morgan fingerprint density at radius 2 is 1.36 bits per heavy atom. The second-order valence-corrected chi connectivity index (χ2v) is 13.1. The largest absolute Gasteiger partial charge is 0.467 e. The molecule has 0 radical (unpaired) electrons. The predicted octanol–water partition coefficient (Wildman–Crippen LogP) is 10.3. The highest BCUT2D eigenvalue weighted by atomic mass is 16.5. The molecule has 4 aromatic carbocycles. The molecule has 5 heteroatoms. The number of ether oxygens (including phenoxy) is 2. The molecule has 0 aliphatic rings. The molecular formula is C45H54O5. The summed E-state index contributed by atoms with van der Waals surface area (Å²) >= 11 is 0. The van der Waals surface area contributed by atoms with Crippen molar-refractivity contribution in [3.63, 3.8) is 0 Å². The molecule has 0 saturated carbocycles. The first kappa shape index (κ1) is 39.7. The number of benzene rings is 4. The summed E-state index contributed by atoms with van der Waals surface area (Å²) in [6, 6.07) is 30.8. The number of carbonyl (C=O) groups is 2. The van der Waals surface area contributed by atoms with Crippen molar-refractivity contribution in [3.8, 4) is 33.4 Å². The summed E-state index contributed by atoms with van der Waals surface area (Å²) in [6.07, 6.45) is 6.65. The molecule has 4 aromatic rings. The number of esters is 1. The summed E-state index contributed by atoms with van der Waals surface area (Å²) in [5.74, 6) is -0.577. The van der Waals surface area contributed by atoms with Crippen LogP contribution in [0.3, 0.4) is 0 Å². The molecule has 0 aromatic heterocycles. The number of rotatable bonds is 17. The van der Waals surface area contributed by atoms with Crippen LogP contribution < -0.4 is 0 Å². The highest BCUT2D eigenvalue weighted by molar-refractivity contribution is 5.86. The summed E-state index contributed by atoms with van der Waals surface area (Å²) in [4.78, 5) is 22.6. The number of carbonyl (C=O) groups excluding carboxylic acids is 2. The van der Waals surface area contributed by atoms with Crippen LogP contribution in [0.1, 0.15) is 69.2 Å². The highest BCUT2D eigenvalue weighted by Gasteiger charge is 2.15. The lowest BCUT2D eigenvalue weighted by atomic mass is 9.91. The molecule has 0 aliphatic carbocycles. The average Bonchev–Trinajstić information content (AvgIpc) is 3.13. The van der Waals surface area contributed by atoms with Crippen molar-refractivity contribution < 1.29 is 24.2 Å². The van der Waals surface area contributed by atoms with Crippen LogP contribution in [0.25, 0.3) is 33.4 Å². The summed E-state index contributed by atoms with van der Waals surface area (Å²) in [5, 5.41) is 8.04. The topological polar surface area (TPSA) is 72.8 Å². The maximum absolute atomic E-state index is 11.8. The van der Waals surface area contributed by atoms with Crippen LogP contribution in [0.15, 0.2) is 109 Å². The van der Waals surface area contributed by atoms with E-state index in [-0.39, 0.29) is 25.7 Å². The molecule has 0 aliphatic heterocycles. The standard InChI is InChI=1S/C41H46O4.C4H8O/c1-6-8-9-10-34-19-20-39(25-33(34)7-2)40-22-21-38(23-30(40)5)37-17-15-36(16-18-37)35-13-11-31(12-14-35)24-32(26-44-28-42)27-45-41(43)29(3)4;1-4(2)3-5/h11-23,25,28,32H,3,6-10,24,26-27H2,1-2,4-5H3;5H,1,3H2,2H3. The van der Waals surface area contributed by atoms with Crippen LogP contribution in [0, 0.1) is 12.8 Å². The van der Waals surface area contributed by atoms with E-state index in [2.05, 4.69) is 119 Å². The zero-order chi connectivity index (χ0) is 36.5. The van der Waals surface area contributed by atoms with Gasteiger partial charge in [0.15, 0.2) is 0 Å². The Kier molecular flexibility index (Phi) is 16.4. The van der Waals surface area contributed by atoms with E-state index in [4.69, 9.17) is 14.6 Å². The molecule has 0 bridgehead atoms. The van der Waals surface area contributed by atoms with E-state index in [1.54, 1.807) is 13.8 Å². The van der Waals surface area contributed by atoms with Gasteiger partial charge in [0.2, 0.25) is 0 Å². The Bertz CT molecular complexity index is 1700. The Hall–Kier alpha value is -4.74. The maximum Gasteiger partial charge on any atom is 0.333 e. The van der Waals surface area contributed by atoms with E-state index in [1.807, 2.05) is 0 Å². The first-order chi connectivity index (χ1) is 24.1. The Morgan fingerprint density at radius 3 is 1.90 bits per heavy atom. The van der Waals surface area contributed by atoms with Gasteiger partial charge in [-0.05, 0) is 102 Å². The molecule has 1 unspecified atom stereocenters. The van der Waals surface area contributed by atoms with Gasteiger partial charge in [-0.3, -0.25) is 4.79 Å². The third-order valence-corrected chi connectivity index (χ3v) is 8.67. The summed E-state index contributed by atoms with van der Waals surface area (Å²) in [5.41, 5.74) is 13.7. The SMILES string of the molecule is C=C(C)C(=O)OCC(COC=O)Cc1ccc(-c2ccc(-c3ccc(-c4ccc(CCCCC)c(CC)c4)c(C)c3)cc2)cc1.C=C(C)CO. The monoisotopic (exact) mass is 674 g/mol. The zero-order valence-corrected chi connectivity index (χ0v) is 30.6. The number of aliphatic hydroxyl groups excluding tert-OH is 1. The molecule has 0 spiro atoms. The van der Waals surface area contributed by atoms with Crippen LogP contribution in [0.5, 0.6) is 0 Å². The molecule has 4 rings (SSSR count). The van der Waals surface area contributed by atoms with Crippen LogP contribution in [-0.2, 0) is 38.3 Å². The summed E-state index contributed by atoms with van der Waals surface area (Å²) in [7, 11) is 0. The van der Waals surface area contributed by atoms with Gasteiger partial charge in [0.05, 0.1) is 19.8 Å². The van der Waals surface area contributed by atoms with Crippen molar-refractivity contribution in [1.82, 2.24) is 0 Å². The van der Waals surface area contributed by atoms with Crippen LogP contribution in [0.4, 0.5) is 0 Å². The fraction of sp³-hybridized carbons (Fsp3) is 0.333. The van der Waals surface area contributed by atoms with Gasteiger partial charge >= 0.3 is 5.97 Å². The van der Waals surface area contributed by atoms with E-state index in [0.717, 1.165) is 28.7 Å². The van der Waals surface area contributed by atoms with Crippen LogP contribution >= 0.6 is 0 Å². The zero-order valence-electron chi connectivity index (χ0n) is 30.6. The molecule has 5 nitrogen and oxygen atoms in total. The number of hydrogen-bond acceptors (Lipinski definition) is 5. The van der Waals surface area contributed by atoms with E-state index in [0.29, 0.717) is 18.5 Å². The Balaban J connectivity index is 0.00000126. The molecule has 50 heavy (non-hydrogen) atoms. The number of hydrogen-bond donors (Lipinski definition) is 1. The summed E-state index contributed by atoms with van der Waals surface area (Å²) < 4.78 is 10.3. The van der Waals surface area contributed by atoms with Gasteiger partial charge in [-0.15, -0.1) is 0 Å². The normalized spacial score (nSPS) is 11.2. The minimum Gasteiger partial charge on any atom is -0.467 e. The molecular weight excluding hydrogens is 620 g/mol. The minimum atomic E-state index is -0.440. The van der Waals surface area contributed by atoms with Gasteiger partial charge in [-0.2, -0.15) is 0 Å². The second kappa shape index (κ2) is 20.7. The number of aliphatic hydroxyl groups is 1. The van der Waals surface area contributed by atoms with Gasteiger partial charge in [0.1, 0.15) is 0 Å². The van der Waals surface area contributed by atoms with Crippen molar-refractivity contribution in [2.24, 2.45) is 5.92 Å². The first-order valence-electron chi connectivity index (χ1n) is 17.7. The van der Waals surface area contributed by atoms with E-state index < -0.39 is 5.97 Å². The number of aryl methyl sites for hydroxylation is 3. The molecule has 0 saturated heterocycles. The Morgan fingerprint density at radius 1 is 0.780 bits per heavy atom. The van der Waals surface area contributed by atoms with Crippen LogP contribution in [0.2, 0.25) is 0 Å². The van der Waals surface area contributed by atoms with Gasteiger partial charge in [0, 0.05) is 11.5 Å². The smallest absolute Gasteiger partial charge is 0.333 e. The van der Waals surface area contributed by atoms with Gasteiger partial charge in [-0.25, -0.2) is 4.79 Å². The highest BCUT2D eigenvalue weighted by Crippen LogP contribution is 2.32. The molecule has 1 N–H and O–H groups in total. The van der Waals surface area contributed by atoms with Gasteiger partial charge in [-0.1, -0.05) is 130 Å². The fourth-order valence-corrected chi connectivity index (χ4v) is 5.78. The van der Waals surface area contributed by atoms with Crippen LogP contribution in [-0.4, -0.2) is 37.4 Å². The fourth-order valence-electron chi connectivity index (χ4n) is 5.78. The second-order valence-electron chi connectivity index (χ2n) is 13.1. The third kappa shape index (κ3) is 12.3. The van der Waals surface area contributed by atoms with Crippen molar-refractivity contribution >= 4 is 12.4 Å². The van der Waals surface area contributed by atoms with Crippen molar-refractivity contribution in [1.29, 1.82) is 0 Å². The van der Waals surface area contributed by atoms with Crippen molar-refractivity contribution in [2.45, 2.75) is 73.1 Å². The Labute approximate surface area is 299 Å². The van der Waals surface area contributed by atoms with E-state index in [9.17, 15) is 9.59 Å². The maximum atomic E-state index is 11.8. The molecule has 1 atom stereocenters. The average molecular weight is 675 g/mol. The lowest BCUT2D eigenvalue weighted by Crippen LogP contribution is -2.21. The minimum absolute atomic E-state index is 0.111. The van der Waals surface area contributed by atoms with Gasteiger partial charge < -0.3 is 14.6 Å². The predicted molar refractivity (Wildman–Crippen MR) is 207 cm³/mol. The quantitative estimate of drug-likeness (QED) is 0.0397. The molecule has 264 valence electrons. The molecule has 0 amide bonds. The van der Waals surface area contributed by atoms with Crippen molar-refractivity contribution in [3.05, 3.63) is 131 Å². The summed E-state index contributed by atoms with van der Waals surface area (Å²) in [6.45, 7) is 18.0. The number of unbranched alkanes of at least 4 members (excludes halogenated alkanes) is 2. The van der Waals surface area contributed by atoms with Gasteiger partial charge in [0.25, 0.3) is 6.47 Å².